The maximum atomic E-state index is 12.9. The monoisotopic (exact) mass is 294 g/mol. The fourth-order valence-electron chi connectivity index (χ4n) is 1.36. The maximum absolute atomic E-state index is 12.9. The van der Waals surface area contributed by atoms with Crippen LogP contribution in [0.1, 0.15) is 6.92 Å². The molecular weight excluding hydrogens is 283 g/mol. The molecule has 0 spiro atoms. The second kappa shape index (κ2) is 5.67. The van der Waals surface area contributed by atoms with Crippen LogP contribution in [-0.4, -0.2) is 27.2 Å². The number of hydrogen-bond donors (Lipinski definition) is 0. The molecule has 4 nitrogen and oxygen atoms in total. The number of methoxy groups -OCH3 is 1. The first kappa shape index (κ1) is 14.9. The van der Waals surface area contributed by atoms with E-state index in [1.54, 1.807) is 0 Å². The second-order valence-corrected chi connectivity index (χ2v) is 6.22. The van der Waals surface area contributed by atoms with E-state index in [1.807, 2.05) is 0 Å². The third-order valence-corrected chi connectivity index (χ3v) is 4.52. The molecule has 0 heterocycles. The lowest BCUT2D eigenvalue weighted by molar-refractivity contribution is -0.144. The van der Waals surface area contributed by atoms with Crippen LogP contribution in [0.25, 0.3) is 0 Å². The molecule has 0 aliphatic heterocycles. The molecular formula is C11H12ClFO4S. The Morgan fingerprint density at radius 2 is 2.11 bits per heavy atom. The van der Waals surface area contributed by atoms with Gasteiger partial charge in [0.1, 0.15) is 5.82 Å². The highest BCUT2D eigenvalue weighted by molar-refractivity contribution is 7.91. The molecule has 100 valence electrons. The average Bonchev–Trinajstić information content (AvgIpc) is 2.30. The average molecular weight is 295 g/mol. The molecule has 0 aliphatic rings. The van der Waals surface area contributed by atoms with Gasteiger partial charge in [0.2, 0.25) is 0 Å². The Morgan fingerprint density at radius 3 is 2.61 bits per heavy atom. The predicted molar refractivity (Wildman–Crippen MR) is 64.6 cm³/mol. The molecule has 1 atom stereocenters. The zero-order valence-electron chi connectivity index (χ0n) is 9.81. The zero-order chi connectivity index (χ0) is 13.9. The highest BCUT2D eigenvalue weighted by atomic mass is 35.5. The summed E-state index contributed by atoms with van der Waals surface area (Å²) >= 11 is 5.52. The summed E-state index contributed by atoms with van der Waals surface area (Å²) in [7, 11) is -2.53. The van der Waals surface area contributed by atoms with E-state index in [1.165, 1.54) is 14.0 Å². The number of hydrogen-bond acceptors (Lipinski definition) is 4. The maximum Gasteiger partial charge on any atom is 0.309 e. The van der Waals surface area contributed by atoms with E-state index in [-0.39, 0.29) is 9.92 Å². The Hall–Kier alpha value is -1.14. The van der Waals surface area contributed by atoms with Crippen molar-refractivity contribution in [1.82, 2.24) is 0 Å². The number of benzene rings is 1. The van der Waals surface area contributed by atoms with Crippen molar-refractivity contribution in [3.8, 4) is 0 Å². The molecule has 7 heteroatoms. The van der Waals surface area contributed by atoms with Crippen molar-refractivity contribution >= 4 is 27.4 Å². The first-order chi connectivity index (χ1) is 8.27. The van der Waals surface area contributed by atoms with Crippen LogP contribution in [0.3, 0.4) is 0 Å². The Bertz CT molecular complexity index is 556. The number of rotatable bonds is 4. The summed E-state index contributed by atoms with van der Waals surface area (Å²) in [6.45, 7) is 1.44. The smallest absolute Gasteiger partial charge is 0.309 e. The van der Waals surface area contributed by atoms with E-state index in [0.29, 0.717) is 0 Å². The quantitative estimate of drug-likeness (QED) is 0.630. The number of halogens is 2. The van der Waals surface area contributed by atoms with Gasteiger partial charge >= 0.3 is 5.97 Å². The summed E-state index contributed by atoms with van der Waals surface area (Å²) in [5.74, 6) is -2.53. The number of carbonyl (C=O) groups is 1. The molecule has 0 saturated heterocycles. The van der Waals surface area contributed by atoms with Gasteiger partial charge in [0, 0.05) is 0 Å². The highest BCUT2D eigenvalue weighted by Gasteiger charge is 2.24. The van der Waals surface area contributed by atoms with Gasteiger partial charge < -0.3 is 4.74 Å². The number of ether oxygens (including phenoxy) is 1. The van der Waals surface area contributed by atoms with Crippen LogP contribution in [-0.2, 0) is 19.4 Å². The van der Waals surface area contributed by atoms with Gasteiger partial charge in [-0.15, -0.1) is 0 Å². The molecule has 0 radical (unpaired) electrons. The van der Waals surface area contributed by atoms with Gasteiger partial charge in [0.25, 0.3) is 0 Å². The second-order valence-electron chi connectivity index (χ2n) is 3.78. The van der Waals surface area contributed by atoms with Crippen LogP contribution >= 0.6 is 11.6 Å². The SMILES string of the molecule is COC(=O)C(C)CS(=O)(=O)c1ccc(F)c(Cl)c1. The first-order valence-electron chi connectivity index (χ1n) is 5.03. The molecule has 1 unspecified atom stereocenters. The molecule has 0 saturated carbocycles. The molecule has 0 amide bonds. The summed E-state index contributed by atoms with van der Waals surface area (Å²) in [6.07, 6.45) is 0. The summed E-state index contributed by atoms with van der Waals surface area (Å²) in [5, 5.41) is -0.276. The fraction of sp³-hybridized carbons (Fsp3) is 0.364. The minimum absolute atomic E-state index is 0.121. The lowest BCUT2D eigenvalue weighted by Crippen LogP contribution is -2.22. The third kappa shape index (κ3) is 3.43. The lowest BCUT2D eigenvalue weighted by Gasteiger charge is -2.10. The van der Waals surface area contributed by atoms with Crippen LogP contribution < -0.4 is 0 Å². The van der Waals surface area contributed by atoms with Crippen molar-refractivity contribution in [2.24, 2.45) is 5.92 Å². The highest BCUT2D eigenvalue weighted by Crippen LogP contribution is 2.21. The van der Waals surface area contributed by atoms with Gasteiger partial charge in [-0.25, -0.2) is 12.8 Å². The van der Waals surface area contributed by atoms with Gasteiger partial charge in [0.05, 0.1) is 28.7 Å². The number of carbonyl (C=O) groups excluding carboxylic acids is 1. The molecule has 1 aromatic carbocycles. The van der Waals surface area contributed by atoms with E-state index >= 15 is 0 Å². The van der Waals surface area contributed by atoms with Crippen LogP contribution in [0.15, 0.2) is 23.1 Å². The minimum atomic E-state index is -3.71. The van der Waals surface area contributed by atoms with E-state index in [2.05, 4.69) is 4.74 Å². The van der Waals surface area contributed by atoms with Crippen LogP contribution in [0.5, 0.6) is 0 Å². The molecule has 0 aromatic heterocycles. The van der Waals surface area contributed by atoms with Crippen molar-refractivity contribution in [3.63, 3.8) is 0 Å². The molecule has 18 heavy (non-hydrogen) atoms. The molecule has 0 N–H and O–H groups in total. The van der Waals surface area contributed by atoms with E-state index in [9.17, 15) is 17.6 Å². The Labute approximate surface area is 110 Å². The number of sulfone groups is 1. The van der Waals surface area contributed by atoms with E-state index in [0.717, 1.165) is 18.2 Å². The molecule has 0 fully saturated rings. The number of esters is 1. The Balaban J connectivity index is 3.00. The zero-order valence-corrected chi connectivity index (χ0v) is 11.4. The van der Waals surface area contributed by atoms with Gasteiger partial charge in [-0.3, -0.25) is 4.79 Å². The summed E-state index contributed by atoms with van der Waals surface area (Å²) < 4.78 is 41.3. The Kier molecular flexibility index (Phi) is 4.70. The first-order valence-corrected chi connectivity index (χ1v) is 7.06. The Morgan fingerprint density at radius 1 is 1.50 bits per heavy atom. The fourth-order valence-corrected chi connectivity index (χ4v) is 3.17. The minimum Gasteiger partial charge on any atom is -0.469 e. The topological polar surface area (TPSA) is 60.4 Å². The molecule has 0 bridgehead atoms. The summed E-state index contributed by atoms with van der Waals surface area (Å²) in [6, 6.07) is 3.11. The van der Waals surface area contributed by atoms with Crippen molar-refractivity contribution in [3.05, 3.63) is 29.0 Å². The van der Waals surface area contributed by atoms with Crippen molar-refractivity contribution in [2.75, 3.05) is 12.9 Å². The van der Waals surface area contributed by atoms with Crippen LogP contribution in [0.4, 0.5) is 4.39 Å². The normalized spacial score (nSPS) is 13.1. The predicted octanol–water partition coefficient (Wildman–Crippen LogP) is 2.06. The van der Waals surface area contributed by atoms with Crippen molar-refractivity contribution in [1.29, 1.82) is 0 Å². The van der Waals surface area contributed by atoms with Gasteiger partial charge in [-0.1, -0.05) is 18.5 Å². The largest absolute Gasteiger partial charge is 0.469 e. The standard InChI is InChI=1S/C11H12ClFO4S/c1-7(11(14)17-2)6-18(15,16)8-3-4-10(13)9(12)5-8/h3-5,7H,6H2,1-2H3. The van der Waals surface area contributed by atoms with Gasteiger partial charge in [0.15, 0.2) is 9.84 Å². The van der Waals surface area contributed by atoms with Gasteiger partial charge in [-0.05, 0) is 18.2 Å². The summed E-state index contributed by atoms with van der Waals surface area (Å²) in [5.41, 5.74) is 0. The van der Waals surface area contributed by atoms with Crippen molar-refractivity contribution < 1.29 is 22.3 Å². The van der Waals surface area contributed by atoms with E-state index < -0.39 is 33.3 Å². The van der Waals surface area contributed by atoms with E-state index in [4.69, 9.17) is 11.6 Å². The van der Waals surface area contributed by atoms with Crippen LogP contribution in [0.2, 0.25) is 5.02 Å². The molecule has 1 rings (SSSR count). The summed E-state index contributed by atoms with van der Waals surface area (Å²) in [4.78, 5) is 11.0. The lowest BCUT2D eigenvalue weighted by atomic mass is 10.2. The van der Waals surface area contributed by atoms with Crippen molar-refractivity contribution in [2.45, 2.75) is 11.8 Å². The molecule has 1 aromatic rings. The van der Waals surface area contributed by atoms with Gasteiger partial charge in [-0.2, -0.15) is 0 Å². The van der Waals surface area contributed by atoms with Crippen LogP contribution in [0, 0.1) is 11.7 Å². The third-order valence-electron chi connectivity index (χ3n) is 2.32. The molecule has 0 aliphatic carbocycles.